The number of rotatable bonds is 4. The Kier molecular flexibility index (Phi) is 5.23. The molecule has 0 unspecified atom stereocenters. The third kappa shape index (κ3) is 3.55. The number of hydrogen-bond donors (Lipinski definition) is 1. The summed E-state index contributed by atoms with van der Waals surface area (Å²) < 4.78 is 3.70. The average molecular weight is 460 g/mol. The highest BCUT2D eigenvalue weighted by Gasteiger charge is 2.22. The molecule has 1 N–H and O–H groups in total. The number of nitrogens with zero attached hydrogens (tertiary/aromatic N) is 6. The molecule has 4 rings (SSSR count). The van der Waals surface area contributed by atoms with Gasteiger partial charge in [0, 0.05) is 31.2 Å². The number of amides is 1. The van der Waals surface area contributed by atoms with Gasteiger partial charge in [-0.25, -0.2) is 14.8 Å². The number of hydrogen-bond acceptors (Lipinski definition) is 7. The van der Waals surface area contributed by atoms with E-state index in [0.29, 0.717) is 15.8 Å². The number of anilines is 1. The lowest BCUT2D eigenvalue weighted by molar-refractivity contribution is -0.118. The summed E-state index contributed by atoms with van der Waals surface area (Å²) in [6, 6.07) is 1.00. The van der Waals surface area contributed by atoms with Gasteiger partial charge in [0.05, 0.1) is 17.0 Å². The monoisotopic (exact) mass is 459 g/mol. The molecule has 0 aromatic carbocycles. The second kappa shape index (κ2) is 7.75. The quantitative estimate of drug-likeness (QED) is 0.499. The normalized spacial score (nSPS) is 12.3. The molecule has 1 atom stereocenters. The highest BCUT2D eigenvalue weighted by atomic mass is 35.5. The van der Waals surface area contributed by atoms with Gasteiger partial charge in [0.1, 0.15) is 16.9 Å². The smallest absolute Gasteiger partial charge is 0.312 e. The number of halogens is 1. The summed E-state index contributed by atoms with van der Waals surface area (Å²) >= 11 is 7.48. The van der Waals surface area contributed by atoms with Crippen LogP contribution in [0.5, 0.6) is 0 Å². The fourth-order valence-electron chi connectivity index (χ4n) is 3.10. The predicted molar refractivity (Wildman–Crippen MR) is 119 cm³/mol. The molecule has 0 fully saturated rings. The first-order valence-electron chi connectivity index (χ1n) is 9.20. The maximum Gasteiger partial charge on any atom is 0.332 e. The van der Waals surface area contributed by atoms with Crippen molar-refractivity contribution in [3.63, 3.8) is 0 Å². The number of carbonyl (C=O) groups is 1. The van der Waals surface area contributed by atoms with Crippen molar-refractivity contribution in [2.24, 2.45) is 14.1 Å². The van der Waals surface area contributed by atoms with E-state index in [1.54, 1.807) is 24.6 Å². The van der Waals surface area contributed by atoms with Crippen molar-refractivity contribution in [3.8, 4) is 10.6 Å². The largest absolute Gasteiger partial charge is 0.332 e. The van der Waals surface area contributed by atoms with Crippen molar-refractivity contribution >= 4 is 45.8 Å². The molecule has 4 heterocycles. The molecule has 0 spiro atoms. The van der Waals surface area contributed by atoms with Crippen LogP contribution in [0.15, 0.2) is 33.6 Å². The molecule has 0 saturated carbocycles. The maximum absolute atomic E-state index is 12.8. The van der Waals surface area contributed by atoms with Gasteiger partial charge in [0.2, 0.25) is 5.91 Å². The summed E-state index contributed by atoms with van der Waals surface area (Å²) in [5.41, 5.74) is 0.856. The number of imidazole rings is 1. The molecule has 0 aliphatic heterocycles. The molecule has 0 bridgehead atoms. The van der Waals surface area contributed by atoms with Gasteiger partial charge in [0.25, 0.3) is 5.56 Å². The van der Waals surface area contributed by atoms with E-state index in [4.69, 9.17) is 11.6 Å². The van der Waals surface area contributed by atoms with Gasteiger partial charge in [-0.05, 0) is 19.9 Å². The molecular weight excluding hydrogens is 442 g/mol. The number of thiazole rings is 1. The fraction of sp³-hybridized carbons (Fsp3) is 0.263. The third-order valence-electron chi connectivity index (χ3n) is 5.00. The zero-order valence-corrected chi connectivity index (χ0v) is 18.7. The van der Waals surface area contributed by atoms with Gasteiger partial charge in [0.15, 0.2) is 11.2 Å². The Bertz CT molecular complexity index is 1450. The summed E-state index contributed by atoms with van der Waals surface area (Å²) in [5.74, 6) is -0.00890. The van der Waals surface area contributed by atoms with Gasteiger partial charge < -0.3 is 9.88 Å². The van der Waals surface area contributed by atoms with E-state index in [0.717, 1.165) is 15.8 Å². The van der Waals surface area contributed by atoms with Gasteiger partial charge in [-0.2, -0.15) is 0 Å². The highest BCUT2D eigenvalue weighted by Crippen LogP contribution is 2.28. The number of aryl methyl sites for hydroxylation is 2. The summed E-state index contributed by atoms with van der Waals surface area (Å²) in [5, 5.41) is 5.66. The fourth-order valence-corrected chi connectivity index (χ4v) is 4.00. The zero-order valence-electron chi connectivity index (χ0n) is 17.1. The Labute approximate surface area is 184 Å². The molecule has 12 heteroatoms. The first kappa shape index (κ1) is 20.9. The van der Waals surface area contributed by atoms with E-state index in [1.807, 2.05) is 6.92 Å². The highest BCUT2D eigenvalue weighted by molar-refractivity contribution is 7.13. The second-order valence-electron chi connectivity index (χ2n) is 7.02. The van der Waals surface area contributed by atoms with Crippen LogP contribution in [0, 0.1) is 6.92 Å². The molecule has 10 nitrogen and oxygen atoms in total. The molecule has 31 heavy (non-hydrogen) atoms. The Balaban J connectivity index is 1.62. The predicted octanol–water partition coefficient (Wildman–Crippen LogP) is 2.11. The minimum Gasteiger partial charge on any atom is -0.312 e. The molecule has 0 aliphatic rings. The van der Waals surface area contributed by atoms with E-state index in [-0.39, 0.29) is 17.1 Å². The summed E-state index contributed by atoms with van der Waals surface area (Å²) in [7, 11) is 2.91. The zero-order chi connectivity index (χ0) is 22.4. The topological polar surface area (TPSA) is 117 Å². The standard InChI is InChI=1S/C19H18ClN7O3S/c1-9-12(20)5-11(6-21-9)17-24-13(7-31-17)23-16(28)10(2)27-8-22-15-14(27)18(29)26(4)19(30)25(15)3/h5-8,10H,1-4H3,(H,23,28)/t10-/m0/s1. The SMILES string of the molecule is Cc1ncc(-c2nc(NC(=O)[C@H](C)n3cnc4c3c(=O)n(C)c(=O)n4C)cs2)cc1Cl. The molecule has 0 radical (unpaired) electrons. The molecule has 4 aromatic rings. The van der Waals surface area contributed by atoms with Crippen molar-refractivity contribution in [2.45, 2.75) is 19.9 Å². The lowest BCUT2D eigenvalue weighted by Crippen LogP contribution is -2.38. The van der Waals surface area contributed by atoms with Crippen LogP contribution in [0.4, 0.5) is 5.82 Å². The van der Waals surface area contributed by atoms with Crippen molar-refractivity contribution in [3.05, 3.63) is 55.5 Å². The number of fused-ring (bicyclic) bond motifs is 1. The molecular formula is C19H18ClN7O3S. The lowest BCUT2D eigenvalue weighted by atomic mass is 10.2. The van der Waals surface area contributed by atoms with E-state index < -0.39 is 17.3 Å². The van der Waals surface area contributed by atoms with Gasteiger partial charge in [-0.1, -0.05) is 11.6 Å². The number of carbonyl (C=O) groups excluding carboxylic acids is 1. The van der Waals surface area contributed by atoms with Crippen LogP contribution in [0.3, 0.4) is 0 Å². The van der Waals surface area contributed by atoms with E-state index in [1.165, 1.54) is 40.9 Å². The summed E-state index contributed by atoms with van der Waals surface area (Å²) in [6.45, 7) is 3.45. The molecule has 1 amide bonds. The Hall–Kier alpha value is -3.31. The van der Waals surface area contributed by atoms with E-state index >= 15 is 0 Å². The first-order valence-corrected chi connectivity index (χ1v) is 10.5. The van der Waals surface area contributed by atoms with Gasteiger partial charge in [-0.15, -0.1) is 11.3 Å². The third-order valence-corrected chi connectivity index (χ3v) is 6.27. The van der Waals surface area contributed by atoms with Crippen molar-refractivity contribution in [1.29, 1.82) is 0 Å². The van der Waals surface area contributed by atoms with Crippen LogP contribution < -0.4 is 16.6 Å². The van der Waals surface area contributed by atoms with E-state index in [9.17, 15) is 14.4 Å². The lowest BCUT2D eigenvalue weighted by Gasteiger charge is -2.13. The number of nitrogens with one attached hydrogen (secondary N) is 1. The average Bonchev–Trinajstić information content (AvgIpc) is 3.39. The van der Waals surface area contributed by atoms with Crippen LogP contribution >= 0.6 is 22.9 Å². The Morgan fingerprint density at radius 1 is 1.23 bits per heavy atom. The second-order valence-corrected chi connectivity index (χ2v) is 8.29. The summed E-state index contributed by atoms with van der Waals surface area (Å²) in [4.78, 5) is 50.3. The minimum atomic E-state index is -0.768. The Morgan fingerprint density at radius 3 is 2.68 bits per heavy atom. The van der Waals surface area contributed by atoms with Crippen LogP contribution in [-0.4, -0.2) is 34.6 Å². The van der Waals surface area contributed by atoms with Crippen LogP contribution in [0.2, 0.25) is 5.02 Å². The van der Waals surface area contributed by atoms with Crippen LogP contribution in [-0.2, 0) is 18.9 Å². The van der Waals surface area contributed by atoms with Crippen LogP contribution in [0.25, 0.3) is 21.7 Å². The van der Waals surface area contributed by atoms with Crippen LogP contribution in [0.1, 0.15) is 18.7 Å². The number of aromatic nitrogens is 6. The van der Waals surface area contributed by atoms with Crippen molar-refractivity contribution < 1.29 is 4.79 Å². The molecule has 0 saturated heterocycles. The van der Waals surface area contributed by atoms with Gasteiger partial charge in [-0.3, -0.25) is 23.7 Å². The van der Waals surface area contributed by atoms with Crippen molar-refractivity contribution in [2.75, 3.05) is 5.32 Å². The number of pyridine rings is 1. The molecule has 4 aromatic heterocycles. The molecule has 160 valence electrons. The van der Waals surface area contributed by atoms with E-state index in [2.05, 4.69) is 20.3 Å². The molecule has 0 aliphatic carbocycles. The summed E-state index contributed by atoms with van der Waals surface area (Å²) in [6.07, 6.45) is 3.05. The van der Waals surface area contributed by atoms with Gasteiger partial charge >= 0.3 is 5.69 Å². The van der Waals surface area contributed by atoms with Crippen molar-refractivity contribution in [1.82, 2.24) is 28.7 Å². The maximum atomic E-state index is 12.8. The minimum absolute atomic E-state index is 0.173. The first-order chi connectivity index (χ1) is 14.7. The Morgan fingerprint density at radius 2 is 1.97 bits per heavy atom.